The van der Waals surface area contributed by atoms with Crippen LogP contribution in [-0.4, -0.2) is 17.8 Å². The van der Waals surface area contributed by atoms with E-state index in [1.807, 2.05) is 0 Å². The van der Waals surface area contributed by atoms with Crippen molar-refractivity contribution in [1.82, 2.24) is 0 Å². The molecule has 0 spiro atoms. The molecule has 2 nitrogen and oxygen atoms in total. The van der Waals surface area contributed by atoms with Crippen LogP contribution in [0.4, 0.5) is 13.8 Å². The lowest BCUT2D eigenvalue weighted by Crippen LogP contribution is -1.93. The highest BCUT2D eigenvalue weighted by atomic mass is 19.1. The summed E-state index contributed by atoms with van der Waals surface area (Å²) in [6, 6.07) is 0. The summed E-state index contributed by atoms with van der Waals surface area (Å²) in [5.41, 5.74) is 0. The summed E-state index contributed by atoms with van der Waals surface area (Å²) in [6.45, 7) is -1.28. The Hall–Kier alpha value is -0.740. The number of aliphatic carboxylic acids is 1. The van der Waals surface area contributed by atoms with Gasteiger partial charge in [-0.05, 0) is 0 Å². The molecule has 0 aliphatic heterocycles. The second-order valence-corrected chi connectivity index (χ2v) is 0.527. The first-order valence-corrected chi connectivity index (χ1v) is 1.05. The number of halogens is 3. The minimum Gasteiger partial charge on any atom is -0.479 e. The van der Waals surface area contributed by atoms with Gasteiger partial charge in [0.25, 0.3) is 0 Å². The van der Waals surface area contributed by atoms with E-state index < -0.39 is 12.6 Å². The summed E-state index contributed by atoms with van der Waals surface area (Å²) < 4.78 is 10.5. The monoisotopic (exact) mass is 118 g/mol. The first-order valence-electron chi connectivity index (χ1n) is 1.05. The Morgan fingerprint density at radius 3 is 1.71 bits per heavy atom. The Morgan fingerprint density at radius 2 is 1.71 bits per heavy atom. The van der Waals surface area contributed by atoms with Crippen LogP contribution in [0.15, 0.2) is 0 Å². The van der Waals surface area contributed by atoms with Crippen molar-refractivity contribution in [1.29, 1.82) is 0 Å². The van der Waals surface area contributed by atoms with Crippen molar-refractivity contribution >= 4 is 5.97 Å². The SMILES string of the molecule is F.F.O=C(O)CF. The second kappa shape index (κ2) is 8.98. The lowest BCUT2D eigenvalue weighted by Gasteiger charge is -1.69. The summed E-state index contributed by atoms with van der Waals surface area (Å²) in [5, 5.41) is 7.35. The fourth-order valence-corrected chi connectivity index (χ4v) is 0. The Morgan fingerprint density at radius 1 is 1.57 bits per heavy atom. The lowest BCUT2D eigenvalue weighted by atomic mass is 10.8. The highest BCUT2D eigenvalue weighted by Gasteiger charge is 1.85. The molecule has 0 aliphatic rings. The summed E-state index contributed by atoms with van der Waals surface area (Å²) in [6.07, 6.45) is 0. The van der Waals surface area contributed by atoms with Crippen molar-refractivity contribution in [2.24, 2.45) is 0 Å². The summed E-state index contributed by atoms with van der Waals surface area (Å²) in [7, 11) is 0. The maximum Gasteiger partial charge on any atom is 0.335 e. The van der Waals surface area contributed by atoms with Crippen LogP contribution < -0.4 is 0 Å². The van der Waals surface area contributed by atoms with Crippen LogP contribution in [-0.2, 0) is 4.79 Å². The highest BCUT2D eigenvalue weighted by molar-refractivity contribution is 5.67. The van der Waals surface area contributed by atoms with Gasteiger partial charge in [0.15, 0.2) is 6.67 Å². The highest BCUT2D eigenvalue weighted by Crippen LogP contribution is 1.60. The Kier molecular flexibility index (Phi) is 20.9. The van der Waals surface area contributed by atoms with Crippen LogP contribution >= 0.6 is 0 Å². The van der Waals surface area contributed by atoms with E-state index in [1.54, 1.807) is 0 Å². The van der Waals surface area contributed by atoms with Crippen molar-refractivity contribution in [2.75, 3.05) is 6.67 Å². The number of carboxylic acids is 1. The second-order valence-electron chi connectivity index (χ2n) is 0.527. The minimum atomic E-state index is -1.41. The first-order chi connectivity index (χ1) is 2.27. The van der Waals surface area contributed by atoms with Gasteiger partial charge >= 0.3 is 5.97 Å². The maximum atomic E-state index is 10.5. The molecule has 5 heteroatoms. The molecule has 0 aliphatic carbocycles. The standard InChI is InChI=1S/C2H3FO2.2FH/c3-1-2(4)5;;/h1H2,(H,4,5);2*1H. The zero-order valence-electron chi connectivity index (χ0n) is 3.26. The molecule has 0 atom stereocenters. The first kappa shape index (κ1) is 16.3. The van der Waals surface area contributed by atoms with E-state index >= 15 is 0 Å². The van der Waals surface area contributed by atoms with Crippen molar-refractivity contribution in [3.8, 4) is 0 Å². The van der Waals surface area contributed by atoms with E-state index in [-0.39, 0.29) is 9.41 Å². The number of hydrogen-bond acceptors (Lipinski definition) is 1. The van der Waals surface area contributed by atoms with Gasteiger partial charge in [0.1, 0.15) is 0 Å². The molecule has 0 heterocycles. The van der Waals surface area contributed by atoms with Gasteiger partial charge in [-0.3, -0.25) is 9.41 Å². The van der Waals surface area contributed by atoms with Crippen LogP contribution in [0.2, 0.25) is 0 Å². The van der Waals surface area contributed by atoms with Gasteiger partial charge in [0, 0.05) is 0 Å². The maximum absolute atomic E-state index is 10.5. The molecule has 0 saturated heterocycles. The van der Waals surface area contributed by atoms with Gasteiger partial charge in [-0.15, -0.1) is 0 Å². The van der Waals surface area contributed by atoms with E-state index in [2.05, 4.69) is 0 Å². The smallest absolute Gasteiger partial charge is 0.335 e. The van der Waals surface area contributed by atoms with Crippen LogP contribution in [0.25, 0.3) is 0 Å². The predicted octanol–water partition coefficient (Wildman–Crippen LogP) is 0.345. The van der Waals surface area contributed by atoms with Crippen LogP contribution in [0, 0.1) is 0 Å². The molecular weight excluding hydrogens is 113 g/mol. The lowest BCUT2D eigenvalue weighted by molar-refractivity contribution is -0.137. The van der Waals surface area contributed by atoms with E-state index in [4.69, 9.17) is 9.90 Å². The number of rotatable bonds is 1. The molecule has 0 aromatic carbocycles. The molecule has 7 heavy (non-hydrogen) atoms. The average Bonchev–Trinajstić information content (AvgIpc) is 1.38. The summed E-state index contributed by atoms with van der Waals surface area (Å²) >= 11 is 0. The Balaban J connectivity index is -0.0000000800. The molecule has 0 bridgehead atoms. The molecule has 1 N–H and O–H groups in total. The molecule has 0 amide bonds. The van der Waals surface area contributed by atoms with Crippen LogP contribution in [0.5, 0.6) is 0 Å². The molecular formula is C2H5F3O2. The average molecular weight is 118 g/mol. The third-order valence-electron chi connectivity index (χ3n) is 0.114. The molecule has 0 fully saturated rings. The fraction of sp³-hybridized carbons (Fsp3) is 0.500. The van der Waals surface area contributed by atoms with Gasteiger partial charge in [-0.2, -0.15) is 0 Å². The fourth-order valence-electron chi connectivity index (χ4n) is 0. The van der Waals surface area contributed by atoms with Gasteiger partial charge in [-0.25, -0.2) is 9.18 Å². The van der Waals surface area contributed by atoms with Crippen molar-refractivity contribution in [2.45, 2.75) is 0 Å². The van der Waals surface area contributed by atoms with Crippen LogP contribution in [0.3, 0.4) is 0 Å². The van der Waals surface area contributed by atoms with Gasteiger partial charge < -0.3 is 5.11 Å². The van der Waals surface area contributed by atoms with E-state index in [1.165, 1.54) is 0 Å². The van der Waals surface area contributed by atoms with Crippen molar-refractivity contribution < 1.29 is 23.7 Å². The quantitative estimate of drug-likeness (QED) is 0.539. The largest absolute Gasteiger partial charge is 0.479 e. The van der Waals surface area contributed by atoms with E-state index in [0.29, 0.717) is 0 Å². The molecule has 0 unspecified atom stereocenters. The van der Waals surface area contributed by atoms with Gasteiger partial charge in [-0.1, -0.05) is 0 Å². The number of carboxylic acid groups (broad SMARTS) is 1. The van der Waals surface area contributed by atoms with E-state index in [9.17, 15) is 4.39 Å². The molecule has 0 rings (SSSR count). The predicted molar refractivity (Wildman–Crippen MR) is 18.6 cm³/mol. The molecule has 0 aromatic rings. The van der Waals surface area contributed by atoms with Gasteiger partial charge in [0.2, 0.25) is 0 Å². The topological polar surface area (TPSA) is 37.3 Å². The molecule has 0 saturated carbocycles. The Labute approximate surface area is 37.7 Å². The molecule has 46 valence electrons. The third-order valence-corrected chi connectivity index (χ3v) is 0.114. The third kappa shape index (κ3) is 35.2. The van der Waals surface area contributed by atoms with Crippen LogP contribution in [0.1, 0.15) is 0 Å². The van der Waals surface area contributed by atoms with Crippen molar-refractivity contribution in [3.63, 3.8) is 0 Å². The normalized spacial score (nSPS) is 5.29. The number of carbonyl (C=O) groups is 1. The Bertz CT molecular complexity index is 46.2. The van der Waals surface area contributed by atoms with E-state index in [0.717, 1.165) is 0 Å². The minimum absolute atomic E-state index is 0. The zero-order chi connectivity index (χ0) is 4.28. The summed E-state index contributed by atoms with van der Waals surface area (Å²) in [5.74, 6) is -1.41. The zero-order valence-corrected chi connectivity index (χ0v) is 3.26. The molecule has 0 aromatic heterocycles. The van der Waals surface area contributed by atoms with Gasteiger partial charge in [0.05, 0.1) is 0 Å². The summed E-state index contributed by atoms with van der Waals surface area (Å²) in [4.78, 5) is 8.99. The number of hydrogen-bond donors (Lipinski definition) is 1. The molecule has 0 radical (unpaired) electrons. The van der Waals surface area contributed by atoms with Crippen molar-refractivity contribution in [3.05, 3.63) is 0 Å². The number of alkyl halides is 1.